The Balaban J connectivity index is 3.25. The van der Waals surface area contributed by atoms with Crippen molar-refractivity contribution in [2.45, 2.75) is 6.92 Å². The van der Waals surface area contributed by atoms with E-state index in [0.717, 1.165) is 0 Å². The van der Waals surface area contributed by atoms with Gasteiger partial charge in [-0.2, -0.15) is 5.26 Å². The quantitative estimate of drug-likeness (QED) is 0.527. The number of halogens is 3. The van der Waals surface area contributed by atoms with Crippen molar-refractivity contribution in [1.82, 2.24) is 0 Å². The van der Waals surface area contributed by atoms with Crippen molar-refractivity contribution in [3.05, 3.63) is 39.1 Å². The third-order valence-corrected chi connectivity index (χ3v) is 2.20. The minimum Gasteiger partial charge on any atom is -0.205 e. The molecule has 0 aliphatic heterocycles. The highest BCUT2D eigenvalue weighted by atomic mass is 35.5. The lowest BCUT2D eigenvalue weighted by atomic mass is 10.1. The zero-order valence-electron chi connectivity index (χ0n) is 7.31. The van der Waals surface area contributed by atoms with Crippen LogP contribution < -0.4 is 0 Å². The van der Waals surface area contributed by atoms with Gasteiger partial charge in [0.15, 0.2) is 0 Å². The predicted molar refractivity (Wildman–Crippen MR) is 55.7 cm³/mol. The molecule has 14 heavy (non-hydrogen) atoms. The van der Waals surface area contributed by atoms with Gasteiger partial charge < -0.3 is 0 Å². The Labute approximate surface area is 91.4 Å². The second kappa shape index (κ2) is 4.45. The van der Waals surface area contributed by atoms with E-state index in [1.54, 1.807) is 6.92 Å². The van der Waals surface area contributed by atoms with Gasteiger partial charge in [0.1, 0.15) is 5.82 Å². The minimum atomic E-state index is -0.548. The Morgan fingerprint density at radius 3 is 2.64 bits per heavy atom. The van der Waals surface area contributed by atoms with Crippen LogP contribution in [0, 0.1) is 17.1 Å². The molecule has 1 nitrogen and oxygen atoms in total. The van der Waals surface area contributed by atoms with Crippen LogP contribution in [0.3, 0.4) is 0 Å². The van der Waals surface area contributed by atoms with Gasteiger partial charge in [0.2, 0.25) is 0 Å². The van der Waals surface area contributed by atoms with Crippen molar-refractivity contribution in [1.29, 1.82) is 5.26 Å². The van der Waals surface area contributed by atoms with Crippen LogP contribution in [0.15, 0.2) is 17.7 Å². The summed E-state index contributed by atoms with van der Waals surface area (Å²) >= 11 is 11.3. The first-order valence-corrected chi connectivity index (χ1v) is 4.53. The fourth-order valence-electron chi connectivity index (χ4n) is 0.914. The monoisotopic (exact) mass is 229 g/mol. The fourth-order valence-corrected chi connectivity index (χ4v) is 1.35. The van der Waals surface area contributed by atoms with Gasteiger partial charge >= 0.3 is 0 Å². The van der Waals surface area contributed by atoms with Gasteiger partial charge in [0.25, 0.3) is 0 Å². The van der Waals surface area contributed by atoms with E-state index in [-0.39, 0.29) is 5.02 Å². The Morgan fingerprint density at radius 1 is 1.43 bits per heavy atom. The first-order chi connectivity index (χ1) is 6.54. The van der Waals surface area contributed by atoms with E-state index in [9.17, 15) is 4.39 Å². The lowest BCUT2D eigenvalue weighted by molar-refractivity contribution is 0.628. The van der Waals surface area contributed by atoms with E-state index in [1.807, 2.05) is 6.07 Å². The third-order valence-electron chi connectivity index (χ3n) is 1.59. The van der Waals surface area contributed by atoms with Gasteiger partial charge in [-0.25, -0.2) is 4.39 Å². The minimum absolute atomic E-state index is 0.0261. The fraction of sp³-hybridized carbons (Fsp3) is 0.100. The molecule has 0 saturated heterocycles. The van der Waals surface area contributed by atoms with Gasteiger partial charge in [-0.05, 0) is 30.7 Å². The van der Waals surface area contributed by atoms with Crippen LogP contribution in [0.1, 0.15) is 12.5 Å². The van der Waals surface area contributed by atoms with Gasteiger partial charge in [-0.1, -0.05) is 23.2 Å². The van der Waals surface area contributed by atoms with Crippen LogP contribution in [-0.4, -0.2) is 0 Å². The number of nitriles is 1. The lowest BCUT2D eigenvalue weighted by Gasteiger charge is -2.00. The average Bonchev–Trinajstić information content (AvgIpc) is 2.14. The molecule has 0 heterocycles. The maximum absolute atomic E-state index is 13.0. The summed E-state index contributed by atoms with van der Waals surface area (Å²) in [4.78, 5) is 0. The highest BCUT2D eigenvalue weighted by Crippen LogP contribution is 2.25. The van der Waals surface area contributed by atoms with E-state index < -0.39 is 5.82 Å². The molecule has 0 aliphatic carbocycles. The lowest BCUT2D eigenvalue weighted by Crippen LogP contribution is -1.82. The van der Waals surface area contributed by atoms with E-state index >= 15 is 0 Å². The molecule has 0 amide bonds. The molecule has 0 aromatic heterocycles. The number of allylic oxidation sites excluding steroid dienone is 1. The Kier molecular flexibility index (Phi) is 3.51. The maximum Gasteiger partial charge on any atom is 0.142 e. The van der Waals surface area contributed by atoms with Crippen LogP contribution in [0.25, 0.3) is 6.08 Å². The van der Waals surface area contributed by atoms with Crippen molar-refractivity contribution in [2.24, 2.45) is 0 Å². The number of hydrogen-bond donors (Lipinski definition) is 0. The molecule has 0 unspecified atom stereocenters. The first kappa shape index (κ1) is 11.0. The molecule has 0 aliphatic rings. The smallest absolute Gasteiger partial charge is 0.142 e. The predicted octanol–water partition coefficient (Wildman–Crippen LogP) is 4.06. The largest absolute Gasteiger partial charge is 0.205 e. The highest BCUT2D eigenvalue weighted by Gasteiger charge is 2.05. The van der Waals surface area contributed by atoms with Gasteiger partial charge in [-0.15, -0.1) is 0 Å². The van der Waals surface area contributed by atoms with Crippen molar-refractivity contribution >= 4 is 29.3 Å². The van der Waals surface area contributed by atoms with Crippen molar-refractivity contribution in [2.75, 3.05) is 0 Å². The van der Waals surface area contributed by atoms with Crippen LogP contribution in [0.5, 0.6) is 0 Å². The summed E-state index contributed by atoms with van der Waals surface area (Å²) in [6.45, 7) is 1.61. The molecule has 4 heteroatoms. The molecule has 1 rings (SSSR count). The summed E-state index contributed by atoms with van der Waals surface area (Å²) in [5.41, 5.74) is 0.904. The zero-order chi connectivity index (χ0) is 10.7. The number of hydrogen-bond acceptors (Lipinski definition) is 1. The van der Waals surface area contributed by atoms with E-state index in [2.05, 4.69) is 0 Å². The SMILES string of the molecule is CC(C#N)=Cc1cc(F)c(Cl)cc1Cl. The molecule has 72 valence electrons. The third kappa shape index (κ3) is 2.47. The molecule has 0 spiro atoms. The molecular formula is C10H6Cl2FN. The summed E-state index contributed by atoms with van der Waals surface area (Å²) in [6.07, 6.45) is 1.50. The summed E-state index contributed by atoms with van der Waals surface area (Å²) in [5, 5.41) is 8.83. The molecule has 0 atom stereocenters. The molecule has 0 N–H and O–H groups in total. The van der Waals surface area contributed by atoms with Crippen LogP contribution in [-0.2, 0) is 0 Å². The highest BCUT2D eigenvalue weighted by molar-refractivity contribution is 6.35. The molecule has 0 radical (unpaired) electrons. The van der Waals surface area contributed by atoms with E-state index in [0.29, 0.717) is 16.2 Å². The van der Waals surface area contributed by atoms with Crippen LogP contribution in [0.2, 0.25) is 10.0 Å². The van der Waals surface area contributed by atoms with E-state index in [1.165, 1.54) is 18.2 Å². The molecular weight excluding hydrogens is 224 g/mol. The molecule has 0 saturated carbocycles. The topological polar surface area (TPSA) is 23.8 Å². The Bertz CT molecular complexity index is 432. The Morgan fingerprint density at radius 2 is 2.07 bits per heavy atom. The van der Waals surface area contributed by atoms with Crippen LogP contribution >= 0.6 is 23.2 Å². The molecule has 1 aromatic carbocycles. The van der Waals surface area contributed by atoms with Gasteiger partial charge in [0.05, 0.1) is 11.1 Å². The summed E-state index contributed by atoms with van der Waals surface area (Å²) in [6, 6.07) is 4.44. The molecule has 0 fully saturated rings. The maximum atomic E-state index is 13.0. The second-order valence-corrected chi connectivity index (χ2v) is 3.54. The van der Waals surface area contributed by atoms with Gasteiger partial charge in [-0.3, -0.25) is 0 Å². The normalized spacial score (nSPS) is 11.2. The van der Waals surface area contributed by atoms with Crippen LogP contribution in [0.4, 0.5) is 4.39 Å². The molecule has 1 aromatic rings. The average molecular weight is 230 g/mol. The summed E-state index contributed by atoms with van der Waals surface area (Å²) in [5.74, 6) is -0.548. The first-order valence-electron chi connectivity index (χ1n) is 3.77. The second-order valence-electron chi connectivity index (χ2n) is 2.73. The summed E-state index contributed by atoms with van der Waals surface area (Å²) in [7, 11) is 0. The standard InChI is InChI=1S/C10H6Cl2FN/c1-6(5-14)2-7-3-10(13)9(12)4-8(7)11/h2-4H,1H3. The Hall–Kier alpha value is -1.04. The summed E-state index contributed by atoms with van der Waals surface area (Å²) < 4.78 is 13.0. The zero-order valence-corrected chi connectivity index (χ0v) is 8.83. The van der Waals surface area contributed by atoms with Crippen molar-refractivity contribution in [3.8, 4) is 6.07 Å². The number of nitrogens with zero attached hydrogens (tertiary/aromatic N) is 1. The van der Waals surface area contributed by atoms with Crippen molar-refractivity contribution in [3.63, 3.8) is 0 Å². The van der Waals surface area contributed by atoms with E-state index in [4.69, 9.17) is 28.5 Å². The van der Waals surface area contributed by atoms with Gasteiger partial charge in [0, 0.05) is 10.6 Å². The number of benzene rings is 1. The number of rotatable bonds is 1. The van der Waals surface area contributed by atoms with Crippen molar-refractivity contribution < 1.29 is 4.39 Å². The molecule has 0 bridgehead atoms.